The van der Waals surface area contributed by atoms with E-state index in [2.05, 4.69) is 15.4 Å². The molecule has 1 aliphatic rings. The van der Waals surface area contributed by atoms with E-state index in [4.69, 9.17) is 9.57 Å². The van der Waals surface area contributed by atoms with E-state index in [1.807, 2.05) is 6.08 Å². The number of carbonyl (C=O) groups is 1. The smallest absolute Gasteiger partial charge is 0.433 e. The van der Waals surface area contributed by atoms with Gasteiger partial charge in [0.05, 0.1) is 18.6 Å². The topological polar surface area (TPSA) is 107 Å². The zero-order valence-corrected chi connectivity index (χ0v) is 19.2. The number of hydrogen-bond donors (Lipinski definition) is 1. The quantitative estimate of drug-likeness (QED) is 0.404. The molecule has 12 heteroatoms. The van der Waals surface area contributed by atoms with Crippen molar-refractivity contribution in [2.45, 2.75) is 49.9 Å². The van der Waals surface area contributed by atoms with Crippen LogP contribution in [0.2, 0.25) is 0 Å². The summed E-state index contributed by atoms with van der Waals surface area (Å²) in [6, 6.07) is 6.82. The Bertz CT molecular complexity index is 1170. The standard InChI is InChI=1S/C22H24F3N3O5S/c1-32-18-11-6-5-10-16(18)17-14-19(22(23,24)25)27-21(26-17)34(30,31)13-7-12-20(29)33-28-15-8-3-2-4-9-15/h5-6,8,10-11,14,28H,2-4,7,9,12-13H2,1H3. The fraction of sp³-hybridized carbons (Fsp3) is 0.409. The van der Waals surface area contributed by atoms with Crippen molar-refractivity contribution < 1.29 is 36.0 Å². The molecular formula is C22H24F3N3O5S. The average molecular weight is 500 g/mol. The third kappa shape index (κ3) is 6.69. The van der Waals surface area contributed by atoms with Crippen molar-refractivity contribution in [2.75, 3.05) is 12.9 Å². The largest absolute Gasteiger partial charge is 0.496 e. The number of ether oxygens (including phenoxy) is 1. The van der Waals surface area contributed by atoms with Crippen LogP contribution in [0.3, 0.4) is 0 Å². The Morgan fingerprint density at radius 1 is 1.18 bits per heavy atom. The zero-order chi connectivity index (χ0) is 24.8. The number of nitrogens with zero attached hydrogens (tertiary/aromatic N) is 2. The highest BCUT2D eigenvalue weighted by atomic mass is 32.2. The van der Waals surface area contributed by atoms with Crippen LogP contribution in [0, 0.1) is 0 Å². The number of para-hydroxylation sites is 1. The van der Waals surface area contributed by atoms with Crippen LogP contribution < -0.4 is 10.2 Å². The van der Waals surface area contributed by atoms with Gasteiger partial charge in [0.15, 0.2) is 0 Å². The van der Waals surface area contributed by atoms with Crippen molar-refractivity contribution in [3.8, 4) is 17.0 Å². The SMILES string of the molecule is COc1ccccc1-c1cc(C(F)(F)F)nc(S(=O)(=O)CCCC(=O)ONC2=CCCCC2)n1. The number of aromatic nitrogens is 2. The molecule has 184 valence electrons. The van der Waals surface area contributed by atoms with Gasteiger partial charge in [0.25, 0.3) is 0 Å². The lowest BCUT2D eigenvalue weighted by atomic mass is 10.1. The van der Waals surface area contributed by atoms with Crippen LogP contribution in [0.5, 0.6) is 5.75 Å². The number of halogens is 3. The monoisotopic (exact) mass is 499 g/mol. The Labute approximate surface area is 195 Å². The van der Waals surface area contributed by atoms with E-state index in [0.29, 0.717) is 6.07 Å². The predicted molar refractivity (Wildman–Crippen MR) is 116 cm³/mol. The minimum atomic E-state index is -4.90. The van der Waals surface area contributed by atoms with Crippen molar-refractivity contribution in [3.63, 3.8) is 0 Å². The van der Waals surface area contributed by atoms with Gasteiger partial charge < -0.3 is 9.57 Å². The summed E-state index contributed by atoms with van der Waals surface area (Å²) in [5, 5.41) is -0.970. The number of hydrogen-bond acceptors (Lipinski definition) is 8. The zero-order valence-electron chi connectivity index (χ0n) is 18.4. The van der Waals surface area contributed by atoms with E-state index < -0.39 is 38.6 Å². The van der Waals surface area contributed by atoms with Crippen LogP contribution in [0.4, 0.5) is 13.2 Å². The molecule has 3 rings (SSSR count). The fourth-order valence-electron chi connectivity index (χ4n) is 3.31. The number of nitrogens with one attached hydrogen (secondary N) is 1. The Morgan fingerprint density at radius 2 is 1.94 bits per heavy atom. The second kappa shape index (κ2) is 10.9. The van der Waals surface area contributed by atoms with Crippen LogP contribution >= 0.6 is 0 Å². The number of allylic oxidation sites excluding steroid dienone is 2. The molecule has 1 aromatic heterocycles. The highest BCUT2D eigenvalue weighted by molar-refractivity contribution is 7.91. The average Bonchev–Trinajstić information content (AvgIpc) is 2.82. The second-order valence-corrected chi connectivity index (χ2v) is 9.60. The number of rotatable bonds is 9. The maximum absolute atomic E-state index is 13.4. The number of hydroxylamine groups is 1. The Morgan fingerprint density at radius 3 is 2.62 bits per heavy atom. The minimum absolute atomic E-state index is 0.175. The molecule has 1 N–H and O–H groups in total. The first-order valence-corrected chi connectivity index (χ1v) is 12.2. The summed E-state index contributed by atoms with van der Waals surface area (Å²) in [7, 11) is -2.99. The van der Waals surface area contributed by atoms with Crippen LogP contribution in [0.15, 0.2) is 47.3 Å². The summed E-state index contributed by atoms with van der Waals surface area (Å²) in [5.41, 5.74) is 1.88. The van der Waals surface area contributed by atoms with Crippen molar-refractivity contribution in [1.29, 1.82) is 0 Å². The molecule has 8 nitrogen and oxygen atoms in total. The van der Waals surface area contributed by atoms with Gasteiger partial charge in [-0.05, 0) is 50.3 Å². The Hall–Kier alpha value is -3.15. The van der Waals surface area contributed by atoms with Crippen molar-refractivity contribution in [1.82, 2.24) is 15.4 Å². The van der Waals surface area contributed by atoms with Crippen LogP contribution in [0.1, 0.15) is 44.2 Å². The predicted octanol–water partition coefficient (Wildman–Crippen LogP) is 4.23. The van der Waals surface area contributed by atoms with Gasteiger partial charge in [-0.3, -0.25) is 0 Å². The van der Waals surface area contributed by atoms with E-state index in [1.54, 1.807) is 12.1 Å². The van der Waals surface area contributed by atoms with Gasteiger partial charge in [0, 0.05) is 17.7 Å². The van der Waals surface area contributed by atoms with E-state index in [9.17, 15) is 26.4 Å². The third-order valence-electron chi connectivity index (χ3n) is 5.04. The number of methoxy groups -OCH3 is 1. The maximum atomic E-state index is 13.4. The summed E-state index contributed by atoms with van der Waals surface area (Å²) < 4.78 is 71.0. The second-order valence-electron chi connectivity index (χ2n) is 7.59. The van der Waals surface area contributed by atoms with E-state index >= 15 is 0 Å². The van der Waals surface area contributed by atoms with Crippen molar-refractivity contribution >= 4 is 15.8 Å². The van der Waals surface area contributed by atoms with Crippen molar-refractivity contribution in [2.24, 2.45) is 0 Å². The molecular weight excluding hydrogens is 475 g/mol. The Balaban J connectivity index is 1.75. The lowest BCUT2D eigenvalue weighted by Crippen LogP contribution is -2.21. The molecule has 1 heterocycles. The Kier molecular flexibility index (Phi) is 8.13. The lowest BCUT2D eigenvalue weighted by molar-refractivity contribution is -0.149. The first-order chi connectivity index (χ1) is 16.1. The number of alkyl halides is 3. The molecule has 0 amide bonds. The van der Waals surface area contributed by atoms with Crippen molar-refractivity contribution in [3.05, 3.63) is 47.8 Å². The molecule has 34 heavy (non-hydrogen) atoms. The molecule has 0 saturated heterocycles. The summed E-state index contributed by atoms with van der Waals surface area (Å²) in [5.74, 6) is -1.08. The molecule has 0 radical (unpaired) electrons. The summed E-state index contributed by atoms with van der Waals surface area (Å²) in [4.78, 5) is 24.0. The van der Waals surface area contributed by atoms with Crippen LogP contribution in [-0.2, 0) is 25.6 Å². The normalized spacial score (nSPS) is 14.3. The molecule has 0 unspecified atom stereocenters. The van der Waals surface area contributed by atoms with Gasteiger partial charge >= 0.3 is 12.1 Å². The van der Waals surface area contributed by atoms with E-state index in [0.717, 1.165) is 31.4 Å². The molecule has 1 aromatic carbocycles. The molecule has 2 aromatic rings. The van der Waals surface area contributed by atoms with Gasteiger partial charge in [-0.1, -0.05) is 18.2 Å². The van der Waals surface area contributed by atoms with Crippen LogP contribution in [0.25, 0.3) is 11.3 Å². The molecule has 0 bridgehead atoms. The molecule has 0 aliphatic heterocycles. The molecule has 0 saturated carbocycles. The minimum Gasteiger partial charge on any atom is -0.496 e. The van der Waals surface area contributed by atoms with Gasteiger partial charge in [0.1, 0.15) is 11.4 Å². The summed E-state index contributed by atoms with van der Waals surface area (Å²) >= 11 is 0. The maximum Gasteiger partial charge on any atom is 0.433 e. The van der Waals surface area contributed by atoms with E-state index in [-0.39, 0.29) is 29.8 Å². The molecule has 0 fully saturated rings. The summed E-state index contributed by atoms with van der Waals surface area (Å²) in [6.45, 7) is 0. The molecule has 0 atom stereocenters. The first kappa shape index (κ1) is 25.5. The number of sulfone groups is 1. The molecule has 1 aliphatic carbocycles. The van der Waals surface area contributed by atoms with Gasteiger partial charge in [-0.2, -0.15) is 13.2 Å². The first-order valence-electron chi connectivity index (χ1n) is 10.6. The summed E-state index contributed by atoms with van der Waals surface area (Å²) in [6.07, 6.45) is 0.271. The van der Waals surface area contributed by atoms with Gasteiger partial charge in [-0.25, -0.2) is 28.7 Å². The number of benzene rings is 1. The molecule has 0 spiro atoms. The number of carbonyl (C=O) groups excluding carboxylic acids is 1. The van der Waals surface area contributed by atoms with Gasteiger partial charge in [0.2, 0.25) is 15.0 Å². The highest BCUT2D eigenvalue weighted by Gasteiger charge is 2.35. The van der Waals surface area contributed by atoms with E-state index in [1.165, 1.54) is 19.2 Å². The lowest BCUT2D eigenvalue weighted by Gasteiger charge is -2.14. The van der Waals surface area contributed by atoms with Crippen LogP contribution in [-0.4, -0.2) is 37.2 Å². The van der Waals surface area contributed by atoms with Gasteiger partial charge in [-0.15, -0.1) is 0 Å². The fourth-order valence-corrected chi connectivity index (χ4v) is 4.49. The third-order valence-corrected chi connectivity index (χ3v) is 6.60. The highest BCUT2D eigenvalue weighted by Crippen LogP contribution is 2.34.